The van der Waals surface area contributed by atoms with E-state index in [4.69, 9.17) is 16.3 Å². The van der Waals surface area contributed by atoms with Gasteiger partial charge in [-0.2, -0.15) is 0 Å². The maximum absolute atomic E-state index is 12.6. The van der Waals surface area contributed by atoms with E-state index < -0.39 is 0 Å². The second-order valence-electron chi connectivity index (χ2n) is 5.70. The third-order valence-electron chi connectivity index (χ3n) is 3.65. The Labute approximate surface area is 141 Å². The van der Waals surface area contributed by atoms with Gasteiger partial charge >= 0.3 is 0 Å². The number of methoxy groups -OCH3 is 1. The highest BCUT2D eigenvalue weighted by Gasteiger charge is 2.23. The standard InChI is InChI=1S/C18H21ClN2O2/c1-12(2)17(14-5-7-15(19)8-6-14)18(22)21-11-13-4-9-16(23-3)20-10-13/h4-10,12,17H,11H2,1-3H3,(H,21,22)/t17-/m1/s1. The highest BCUT2D eigenvalue weighted by atomic mass is 35.5. The van der Waals surface area contributed by atoms with Crippen molar-refractivity contribution in [3.05, 3.63) is 58.7 Å². The van der Waals surface area contributed by atoms with Gasteiger partial charge < -0.3 is 10.1 Å². The monoisotopic (exact) mass is 332 g/mol. The summed E-state index contributed by atoms with van der Waals surface area (Å²) >= 11 is 5.92. The van der Waals surface area contributed by atoms with Crippen LogP contribution in [0.2, 0.25) is 5.02 Å². The van der Waals surface area contributed by atoms with Crippen LogP contribution in [0.15, 0.2) is 42.6 Å². The molecule has 0 unspecified atom stereocenters. The van der Waals surface area contributed by atoms with Gasteiger partial charge in [0.1, 0.15) is 0 Å². The molecule has 1 aromatic heterocycles. The number of hydrogen-bond donors (Lipinski definition) is 1. The molecule has 23 heavy (non-hydrogen) atoms. The van der Waals surface area contributed by atoms with Gasteiger partial charge in [-0.15, -0.1) is 0 Å². The highest BCUT2D eigenvalue weighted by molar-refractivity contribution is 6.30. The molecule has 2 rings (SSSR count). The number of aromatic nitrogens is 1. The maximum Gasteiger partial charge on any atom is 0.228 e. The molecule has 1 amide bonds. The number of carbonyl (C=O) groups is 1. The smallest absolute Gasteiger partial charge is 0.228 e. The molecule has 0 spiro atoms. The number of rotatable bonds is 6. The van der Waals surface area contributed by atoms with Crippen molar-refractivity contribution in [2.24, 2.45) is 5.92 Å². The lowest BCUT2D eigenvalue weighted by Gasteiger charge is -2.21. The quantitative estimate of drug-likeness (QED) is 0.875. The molecule has 1 atom stereocenters. The fourth-order valence-corrected chi connectivity index (χ4v) is 2.57. The van der Waals surface area contributed by atoms with Crippen LogP contribution in [0.4, 0.5) is 0 Å². The van der Waals surface area contributed by atoms with Crippen LogP contribution >= 0.6 is 11.6 Å². The van der Waals surface area contributed by atoms with Crippen LogP contribution < -0.4 is 10.1 Å². The van der Waals surface area contributed by atoms with E-state index in [1.807, 2.05) is 44.2 Å². The third-order valence-corrected chi connectivity index (χ3v) is 3.90. The van der Waals surface area contributed by atoms with Crippen LogP contribution in [0.3, 0.4) is 0 Å². The van der Waals surface area contributed by atoms with Crippen LogP contribution in [-0.2, 0) is 11.3 Å². The molecule has 1 N–H and O–H groups in total. The van der Waals surface area contributed by atoms with Crippen LogP contribution in [0.25, 0.3) is 0 Å². The summed E-state index contributed by atoms with van der Waals surface area (Å²) in [5.74, 6) is 0.531. The van der Waals surface area contributed by atoms with E-state index in [1.165, 1.54) is 0 Å². The first kappa shape index (κ1) is 17.3. The fourth-order valence-electron chi connectivity index (χ4n) is 2.44. The number of pyridine rings is 1. The lowest BCUT2D eigenvalue weighted by Crippen LogP contribution is -2.31. The molecule has 0 fully saturated rings. The molecule has 122 valence electrons. The predicted octanol–water partition coefficient (Wildman–Crippen LogP) is 3.80. The molecular formula is C18H21ClN2O2. The highest BCUT2D eigenvalue weighted by Crippen LogP contribution is 2.26. The number of amides is 1. The van der Waals surface area contributed by atoms with Crippen LogP contribution in [0.5, 0.6) is 5.88 Å². The predicted molar refractivity (Wildman–Crippen MR) is 91.7 cm³/mol. The van der Waals surface area contributed by atoms with E-state index in [0.29, 0.717) is 17.4 Å². The average molecular weight is 333 g/mol. The van der Waals surface area contributed by atoms with Crippen LogP contribution in [-0.4, -0.2) is 18.0 Å². The van der Waals surface area contributed by atoms with E-state index in [2.05, 4.69) is 10.3 Å². The Bertz CT molecular complexity index is 639. The van der Waals surface area contributed by atoms with Crippen molar-refractivity contribution >= 4 is 17.5 Å². The normalized spacial score (nSPS) is 12.0. The second kappa shape index (κ2) is 7.97. The van der Waals surface area contributed by atoms with Gasteiger partial charge in [0.2, 0.25) is 11.8 Å². The Balaban J connectivity index is 2.04. The van der Waals surface area contributed by atoms with Crippen molar-refractivity contribution < 1.29 is 9.53 Å². The van der Waals surface area contributed by atoms with Gasteiger partial charge in [0.15, 0.2) is 0 Å². The van der Waals surface area contributed by atoms with Crippen molar-refractivity contribution in [2.45, 2.75) is 26.3 Å². The van der Waals surface area contributed by atoms with E-state index in [0.717, 1.165) is 11.1 Å². The molecule has 1 heterocycles. The Morgan fingerprint density at radius 2 is 1.91 bits per heavy atom. The lowest BCUT2D eigenvalue weighted by atomic mass is 9.87. The summed E-state index contributed by atoms with van der Waals surface area (Å²) in [4.78, 5) is 16.7. The minimum absolute atomic E-state index is 0.00172. The minimum Gasteiger partial charge on any atom is -0.481 e. The van der Waals surface area contributed by atoms with Crippen molar-refractivity contribution in [3.8, 4) is 5.88 Å². The van der Waals surface area contributed by atoms with Crippen molar-refractivity contribution in [2.75, 3.05) is 7.11 Å². The van der Waals surface area contributed by atoms with Crippen LogP contribution in [0.1, 0.15) is 30.9 Å². The minimum atomic E-state index is -0.210. The van der Waals surface area contributed by atoms with Crippen molar-refractivity contribution in [3.63, 3.8) is 0 Å². The second-order valence-corrected chi connectivity index (χ2v) is 6.14. The molecule has 4 nitrogen and oxygen atoms in total. The number of nitrogens with zero attached hydrogens (tertiary/aromatic N) is 1. The molecular weight excluding hydrogens is 312 g/mol. The lowest BCUT2D eigenvalue weighted by molar-refractivity contribution is -0.123. The number of halogens is 1. The van der Waals surface area contributed by atoms with Gasteiger partial charge in [0.05, 0.1) is 13.0 Å². The average Bonchev–Trinajstić information content (AvgIpc) is 2.55. The summed E-state index contributed by atoms with van der Waals surface area (Å²) in [7, 11) is 1.57. The summed E-state index contributed by atoms with van der Waals surface area (Å²) in [5.41, 5.74) is 1.90. The summed E-state index contributed by atoms with van der Waals surface area (Å²) in [6.45, 7) is 4.51. The SMILES string of the molecule is COc1ccc(CNC(=O)[C@@H](c2ccc(Cl)cc2)C(C)C)cn1. The molecule has 1 aromatic carbocycles. The van der Waals surface area contributed by atoms with E-state index >= 15 is 0 Å². The molecule has 0 aliphatic carbocycles. The maximum atomic E-state index is 12.6. The molecule has 2 aromatic rings. The molecule has 0 radical (unpaired) electrons. The van der Waals surface area contributed by atoms with Crippen LogP contribution in [0, 0.1) is 5.92 Å². The summed E-state index contributed by atoms with van der Waals surface area (Å²) in [5, 5.41) is 3.65. The largest absolute Gasteiger partial charge is 0.481 e. The Kier molecular flexibility index (Phi) is 5.99. The molecule has 5 heteroatoms. The number of benzene rings is 1. The molecule has 0 bridgehead atoms. The fraction of sp³-hybridized carbons (Fsp3) is 0.333. The van der Waals surface area contributed by atoms with Gasteiger partial charge in [-0.1, -0.05) is 43.6 Å². The number of ether oxygens (including phenoxy) is 1. The Morgan fingerprint density at radius 1 is 1.22 bits per heavy atom. The summed E-state index contributed by atoms with van der Waals surface area (Å²) < 4.78 is 5.02. The van der Waals surface area contributed by atoms with Gasteiger partial charge in [-0.25, -0.2) is 4.98 Å². The number of nitrogens with one attached hydrogen (secondary N) is 1. The van der Waals surface area contributed by atoms with Crippen molar-refractivity contribution in [1.82, 2.24) is 10.3 Å². The van der Waals surface area contributed by atoms with Gasteiger partial charge in [-0.3, -0.25) is 4.79 Å². The molecule has 0 aliphatic heterocycles. The Morgan fingerprint density at radius 3 is 2.43 bits per heavy atom. The van der Waals surface area contributed by atoms with E-state index in [1.54, 1.807) is 19.4 Å². The Hall–Kier alpha value is -2.07. The van der Waals surface area contributed by atoms with Gasteiger partial charge in [-0.05, 0) is 29.2 Å². The van der Waals surface area contributed by atoms with Gasteiger partial charge in [0, 0.05) is 23.8 Å². The topological polar surface area (TPSA) is 51.2 Å². The zero-order chi connectivity index (χ0) is 16.8. The third kappa shape index (κ3) is 4.70. The molecule has 0 saturated carbocycles. The first-order valence-electron chi connectivity index (χ1n) is 7.53. The number of hydrogen-bond acceptors (Lipinski definition) is 3. The first-order valence-corrected chi connectivity index (χ1v) is 7.91. The number of carbonyl (C=O) groups excluding carboxylic acids is 1. The summed E-state index contributed by atoms with van der Waals surface area (Å²) in [6, 6.07) is 11.1. The zero-order valence-corrected chi connectivity index (χ0v) is 14.3. The molecule has 0 aliphatic rings. The zero-order valence-electron chi connectivity index (χ0n) is 13.5. The first-order chi connectivity index (χ1) is 11.0. The van der Waals surface area contributed by atoms with E-state index in [-0.39, 0.29) is 17.7 Å². The summed E-state index contributed by atoms with van der Waals surface area (Å²) in [6.07, 6.45) is 1.70. The van der Waals surface area contributed by atoms with E-state index in [9.17, 15) is 4.79 Å². The molecule has 0 saturated heterocycles. The van der Waals surface area contributed by atoms with Crippen molar-refractivity contribution in [1.29, 1.82) is 0 Å². The van der Waals surface area contributed by atoms with Gasteiger partial charge in [0.25, 0.3) is 0 Å².